The van der Waals surface area contributed by atoms with Crippen LogP contribution in [0.4, 0.5) is 11.4 Å². The van der Waals surface area contributed by atoms with Crippen LogP contribution in [-0.2, 0) is 4.74 Å². The number of para-hydroxylation sites is 1. The predicted octanol–water partition coefficient (Wildman–Crippen LogP) is 4.34. The van der Waals surface area contributed by atoms with Crippen LogP contribution < -0.4 is 15.4 Å². The summed E-state index contributed by atoms with van der Waals surface area (Å²) in [5.41, 5.74) is 1.52. The fourth-order valence-electron chi connectivity index (χ4n) is 3.21. The molecule has 0 bridgehead atoms. The second-order valence-electron chi connectivity index (χ2n) is 6.91. The van der Waals surface area contributed by atoms with E-state index >= 15 is 0 Å². The third kappa shape index (κ3) is 4.87. The molecule has 7 nitrogen and oxygen atoms in total. The number of carbonyl (C=O) groups is 2. The molecule has 2 N–H and O–H groups in total. The van der Waals surface area contributed by atoms with Crippen LogP contribution in [0.5, 0.6) is 5.75 Å². The van der Waals surface area contributed by atoms with Crippen LogP contribution in [0.2, 0.25) is 0 Å². The van der Waals surface area contributed by atoms with Crippen LogP contribution in [-0.4, -0.2) is 31.1 Å². The Morgan fingerprint density at radius 3 is 2.50 bits per heavy atom. The number of hydrogen-bond donors (Lipinski definition) is 2. The van der Waals surface area contributed by atoms with Gasteiger partial charge in [0.15, 0.2) is 5.76 Å². The zero-order chi connectivity index (χ0) is 20.8. The third-order valence-corrected chi connectivity index (χ3v) is 4.70. The first-order valence-corrected chi connectivity index (χ1v) is 9.79. The molecule has 0 aliphatic carbocycles. The summed E-state index contributed by atoms with van der Waals surface area (Å²) in [6, 6.07) is 17.2. The largest absolute Gasteiger partial charge is 0.490 e. The molecule has 1 aliphatic heterocycles. The Bertz CT molecular complexity index is 1010. The van der Waals surface area contributed by atoms with Crippen molar-refractivity contribution in [2.75, 3.05) is 23.8 Å². The molecule has 1 atom stereocenters. The molecule has 0 radical (unpaired) electrons. The standard InChI is InChI=1S/C23H22N2O5/c26-22(19-9-1-2-10-20(19)30-15-18-8-4-12-28-18)24-16-6-3-7-17(14-16)25-23(27)21-11-5-13-29-21/h1-3,5-7,9-11,13-14,18H,4,8,12,15H2,(H,24,26)(H,25,27). The zero-order valence-corrected chi connectivity index (χ0v) is 16.3. The third-order valence-electron chi connectivity index (χ3n) is 4.70. The summed E-state index contributed by atoms with van der Waals surface area (Å²) in [5.74, 6) is 0.0540. The van der Waals surface area contributed by atoms with E-state index in [1.807, 2.05) is 6.07 Å². The van der Waals surface area contributed by atoms with Gasteiger partial charge in [0.25, 0.3) is 11.8 Å². The highest BCUT2D eigenvalue weighted by Gasteiger charge is 2.18. The number of hydrogen-bond acceptors (Lipinski definition) is 5. The van der Waals surface area contributed by atoms with Gasteiger partial charge in [-0.3, -0.25) is 9.59 Å². The topological polar surface area (TPSA) is 89.8 Å². The van der Waals surface area contributed by atoms with Crippen molar-refractivity contribution in [1.82, 2.24) is 0 Å². The number of furan rings is 1. The van der Waals surface area contributed by atoms with E-state index in [0.29, 0.717) is 29.3 Å². The first-order valence-electron chi connectivity index (χ1n) is 9.79. The lowest BCUT2D eigenvalue weighted by Crippen LogP contribution is -2.19. The number of amides is 2. The van der Waals surface area contributed by atoms with Crippen LogP contribution in [0.1, 0.15) is 33.8 Å². The van der Waals surface area contributed by atoms with Gasteiger partial charge in [-0.15, -0.1) is 0 Å². The molecule has 1 aliphatic rings. The highest BCUT2D eigenvalue weighted by atomic mass is 16.5. The first-order chi connectivity index (χ1) is 14.7. The van der Waals surface area contributed by atoms with Crippen LogP contribution in [0.25, 0.3) is 0 Å². The summed E-state index contributed by atoms with van der Waals surface area (Å²) in [6.45, 7) is 1.17. The van der Waals surface area contributed by atoms with E-state index in [1.54, 1.807) is 54.6 Å². The molecule has 3 aromatic rings. The van der Waals surface area contributed by atoms with Crippen molar-refractivity contribution in [3.05, 3.63) is 78.3 Å². The van der Waals surface area contributed by atoms with Crippen molar-refractivity contribution in [3.8, 4) is 5.75 Å². The Hall–Kier alpha value is -3.58. The van der Waals surface area contributed by atoms with Crippen LogP contribution in [0, 0.1) is 0 Å². The summed E-state index contributed by atoms with van der Waals surface area (Å²) in [5, 5.41) is 5.59. The Balaban J connectivity index is 1.42. The van der Waals surface area contributed by atoms with Gasteiger partial charge < -0.3 is 24.5 Å². The Morgan fingerprint density at radius 1 is 0.967 bits per heavy atom. The summed E-state index contributed by atoms with van der Waals surface area (Å²) < 4.78 is 16.5. The second-order valence-corrected chi connectivity index (χ2v) is 6.91. The van der Waals surface area contributed by atoms with Crippen molar-refractivity contribution in [2.45, 2.75) is 18.9 Å². The van der Waals surface area contributed by atoms with E-state index in [-0.39, 0.29) is 23.7 Å². The molecular weight excluding hydrogens is 384 g/mol. The van der Waals surface area contributed by atoms with Crippen LogP contribution in [0.15, 0.2) is 71.3 Å². The lowest BCUT2D eigenvalue weighted by molar-refractivity contribution is 0.0673. The molecule has 30 heavy (non-hydrogen) atoms. The lowest BCUT2D eigenvalue weighted by atomic mass is 10.1. The molecule has 2 heterocycles. The molecule has 7 heteroatoms. The van der Waals surface area contributed by atoms with E-state index in [2.05, 4.69) is 10.6 Å². The van der Waals surface area contributed by atoms with E-state index in [9.17, 15) is 9.59 Å². The van der Waals surface area contributed by atoms with Gasteiger partial charge in [0, 0.05) is 18.0 Å². The Morgan fingerprint density at radius 2 is 1.77 bits per heavy atom. The normalized spacial score (nSPS) is 15.5. The van der Waals surface area contributed by atoms with Gasteiger partial charge in [-0.2, -0.15) is 0 Å². The monoisotopic (exact) mass is 406 g/mol. The lowest BCUT2D eigenvalue weighted by Gasteiger charge is -2.15. The van der Waals surface area contributed by atoms with Gasteiger partial charge in [-0.25, -0.2) is 0 Å². The fraction of sp³-hybridized carbons (Fsp3) is 0.217. The quantitative estimate of drug-likeness (QED) is 0.609. The van der Waals surface area contributed by atoms with E-state index < -0.39 is 0 Å². The van der Waals surface area contributed by atoms with Crippen molar-refractivity contribution < 1.29 is 23.5 Å². The van der Waals surface area contributed by atoms with Crippen molar-refractivity contribution in [2.24, 2.45) is 0 Å². The smallest absolute Gasteiger partial charge is 0.291 e. The summed E-state index contributed by atoms with van der Waals surface area (Å²) in [4.78, 5) is 25.0. The highest BCUT2D eigenvalue weighted by Crippen LogP contribution is 2.23. The van der Waals surface area contributed by atoms with Gasteiger partial charge in [-0.05, 0) is 55.3 Å². The molecule has 4 rings (SSSR count). The number of ether oxygens (including phenoxy) is 2. The van der Waals surface area contributed by atoms with E-state index in [0.717, 1.165) is 19.4 Å². The summed E-state index contributed by atoms with van der Waals surface area (Å²) in [6.07, 6.45) is 3.49. The SMILES string of the molecule is O=C(Nc1cccc(NC(=O)c2ccccc2OCC2CCCO2)c1)c1ccco1. The van der Waals surface area contributed by atoms with Crippen LogP contribution in [0.3, 0.4) is 0 Å². The molecule has 2 aromatic carbocycles. The zero-order valence-electron chi connectivity index (χ0n) is 16.3. The minimum Gasteiger partial charge on any atom is -0.490 e. The molecule has 1 saturated heterocycles. The second kappa shape index (κ2) is 9.28. The average Bonchev–Trinajstić information content (AvgIpc) is 3.47. The van der Waals surface area contributed by atoms with Gasteiger partial charge >= 0.3 is 0 Å². The molecule has 0 spiro atoms. The van der Waals surface area contributed by atoms with E-state index in [1.165, 1.54) is 6.26 Å². The van der Waals surface area contributed by atoms with Gasteiger partial charge in [0.05, 0.1) is 17.9 Å². The summed E-state index contributed by atoms with van der Waals surface area (Å²) >= 11 is 0. The molecule has 154 valence electrons. The average molecular weight is 406 g/mol. The maximum absolute atomic E-state index is 12.8. The molecule has 1 aromatic heterocycles. The van der Waals surface area contributed by atoms with Gasteiger partial charge in [0.1, 0.15) is 12.4 Å². The number of anilines is 2. The molecule has 2 amide bonds. The Labute approximate surface area is 174 Å². The van der Waals surface area contributed by atoms with Crippen molar-refractivity contribution in [1.29, 1.82) is 0 Å². The minimum absolute atomic E-state index is 0.0653. The summed E-state index contributed by atoms with van der Waals surface area (Å²) in [7, 11) is 0. The minimum atomic E-state index is -0.364. The predicted molar refractivity (Wildman–Crippen MR) is 112 cm³/mol. The van der Waals surface area contributed by atoms with Crippen LogP contribution >= 0.6 is 0 Å². The number of carbonyl (C=O) groups excluding carboxylic acids is 2. The number of nitrogens with one attached hydrogen (secondary N) is 2. The molecular formula is C23H22N2O5. The van der Waals surface area contributed by atoms with Gasteiger partial charge in [-0.1, -0.05) is 18.2 Å². The molecule has 0 saturated carbocycles. The van der Waals surface area contributed by atoms with Gasteiger partial charge in [0.2, 0.25) is 0 Å². The van der Waals surface area contributed by atoms with E-state index in [4.69, 9.17) is 13.9 Å². The Kier molecular flexibility index (Phi) is 6.10. The maximum atomic E-state index is 12.8. The number of rotatable bonds is 7. The maximum Gasteiger partial charge on any atom is 0.291 e. The number of benzene rings is 2. The van der Waals surface area contributed by atoms with Crippen molar-refractivity contribution in [3.63, 3.8) is 0 Å². The molecule has 1 unspecified atom stereocenters. The molecule has 1 fully saturated rings. The highest BCUT2D eigenvalue weighted by molar-refractivity contribution is 6.07. The fourth-order valence-corrected chi connectivity index (χ4v) is 3.21. The van der Waals surface area contributed by atoms with Crippen molar-refractivity contribution >= 4 is 23.2 Å². The first kappa shape index (κ1) is 19.7.